The number of benzene rings is 1. The van der Waals surface area contributed by atoms with Crippen molar-refractivity contribution in [1.29, 1.82) is 5.26 Å². The van der Waals surface area contributed by atoms with Gasteiger partial charge < -0.3 is 0 Å². The highest BCUT2D eigenvalue weighted by Crippen LogP contribution is 2.15. The molecule has 0 spiro atoms. The van der Waals surface area contributed by atoms with Crippen LogP contribution in [0.5, 0.6) is 0 Å². The van der Waals surface area contributed by atoms with Crippen molar-refractivity contribution in [1.82, 2.24) is 4.72 Å². The molecule has 4 nitrogen and oxygen atoms in total. The molecule has 0 amide bonds. The fourth-order valence-corrected chi connectivity index (χ4v) is 2.43. The molecule has 1 unspecified atom stereocenters. The summed E-state index contributed by atoms with van der Waals surface area (Å²) in [6, 6.07) is 2.91. The molecule has 17 heavy (non-hydrogen) atoms. The van der Waals surface area contributed by atoms with E-state index in [1.165, 1.54) is 0 Å². The fraction of sp³-hybridized carbons (Fsp3) is 0.300. The molecule has 0 fully saturated rings. The molecule has 1 aromatic rings. The molecule has 0 aliphatic carbocycles. The number of sulfonamides is 1. The van der Waals surface area contributed by atoms with Crippen LogP contribution in [-0.2, 0) is 10.0 Å². The summed E-state index contributed by atoms with van der Waals surface area (Å²) in [5.74, 6) is -2.06. The van der Waals surface area contributed by atoms with E-state index in [9.17, 15) is 17.2 Å². The largest absolute Gasteiger partial charge is 0.244 e. The summed E-state index contributed by atoms with van der Waals surface area (Å²) < 4.78 is 51.2. The van der Waals surface area contributed by atoms with Crippen LogP contribution in [0.3, 0.4) is 0 Å². The summed E-state index contributed by atoms with van der Waals surface area (Å²) in [6.45, 7) is 1.61. The van der Waals surface area contributed by atoms with E-state index in [1.54, 1.807) is 13.0 Å². The minimum atomic E-state index is -4.15. The third kappa shape index (κ3) is 3.22. The molecule has 0 saturated heterocycles. The Morgan fingerprint density at radius 2 is 2.12 bits per heavy atom. The van der Waals surface area contributed by atoms with Gasteiger partial charge in [0.2, 0.25) is 10.0 Å². The molecule has 1 atom stereocenters. The number of nitrogens with one attached hydrogen (secondary N) is 1. The summed E-state index contributed by atoms with van der Waals surface area (Å²) >= 11 is 0. The topological polar surface area (TPSA) is 70.0 Å². The van der Waals surface area contributed by atoms with Crippen LogP contribution in [0.2, 0.25) is 0 Å². The van der Waals surface area contributed by atoms with Crippen LogP contribution in [0.4, 0.5) is 8.78 Å². The third-order valence-corrected chi connectivity index (χ3v) is 3.55. The zero-order chi connectivity index (χ0) is 13.1. The molecule has 0 aliphatic heterocycles. The van der Waals surface area contributed by atoms with Gasteiger partial charge in [-0.3, -0.25) is 0 Å². The van der Waals surface area contributed by atoms with Gasteiger partial charge in [0.15, 0.2) is 0 Å². The maximum absolute atomic E-state index is 13.3. The van der Waals surface area contributed by atoms with Crippen molar-refractivity contribution in [3.05, 3.63) is 29.8 Å². The van der Waals surface area contributed by atoms with Crippen LogP contribution < -0.4 is 4.72 Å². The van der Waals surface area contributed by atoms with E-state index in [2.05, 4.69) is 0 Å². The first-order chi connectivity index (χ1) is 7.90. The van der Waals surface area contributed by atoms with E-state index < -0.39 is 32.6 Å². The van der Waals surface area contributed by atoms with E-state index in [0.717, 1.165) is 12.1 Å². The lowest BCUT2D eigenvalue weighted by molar-refractivity contribution is 0.538. The standard InChI is InChI=1S/C10H10F2N2O2S/c1-2-8(6-13)14-17(15,16)10-4-3-7(11)5-9(10)12/h3-5,8,14H,2H2,1H3. The maximum Gasteiger partial charge on any atom is 0.244 e. The van der Waals surface area contributed by atoms with Crippen LogP contribution in [0.25, 0.3) is 0 Å². The lowest BCUT2D eigenvalue weighted by Gasteiger charge is -2.10. The molecule has 0 aromatic heterocycles. The fourth-order valence-electron chi connectivity index (χ4n) is 1.14. The Balaban J connectivity index is 3.10. The molecule has 0 bridgehead atoms. The highest BCUT2D eigenvalue weighted by atomic mass is 32.2. The summed E-state index contributed by atoms with van der Waals surface area (Å²) in [5.41, 5.74) is 0. The molecule has 1 aromatic carbocycles. The zero-order valence-corrected chi connectivity index (χ0v) is 9.76. The van der Waals surface area contributed by atoms with Gasteiger partial charge in [-0.15, -0.1) is 0 Å². The first-order valence-electron chi connectivity index (χ1n) is 4.77. The Labute approximate surface area is 97.9 Å². The van der Waals surface area contributed by atoms with Gasteiger partial charge >= 0.3 is 0 Å². The summed E-state index contributed by atoms with van der Waals surface area (Å²) in [5, 5.41) is 8.62. The normalized spacial score (nSPS) is 13.1. The molecule has 7 heteroatoms. The average molecular weight is 260 g/mol. The number of halogens is 2. The van der Waals surface area contributed by atoms with Gasteiger partial charge in [-0.2, -0.15) is 9.98 Å². The predicted octanol–water partition coefficient (Wildman–Crippen LogP) is 1.55. The van der Waals surface area contributed by atoms with Gasteiger partial charge in [0, 0.05) is 6.07 Å². The minimum Gasteiger partial charge on any atom is -0.207 e. The van der Waals surface area contributed by atoms with E-state index in [-0.39, 0.29) is 6.42 Å². The number of rotatable bonds is 4. The van der Waals surface area contributed by atoms with E-state index in [1.807, 2.05) is 4.72 Å². The molecular formula is C10H10F2N2O2S. The Hall–Kier alpha value is -1.52. The van der Waals surface area contributed by atoms with Crippen molar-refractivity contribution in [2.45, 2.75) is 24.3 Å². The Kier molecular flexibility index (Phi) is 4.15. The zero-order valence-electron chi connectivity index (χ0n) is 8.94. The Bertz CT molecular complexity index is 552. The van der Waals surface area contributed by atoms with Gasteiger partial charge in [-0.25, -0.2) is 17.2 Å². The molecule has 1 rings (SSSR count). The van der Waals surface area contributed by atoms with Crippen molar-refractivity contribution in [3.63, 3.8) is 0 Å². The van der Waals surface area contributed by atoms with E-state index >= 15 is 0 Å². The number of nitrogens with zero attached hydrogens (tertiary/aromatic N) is 1. The average Bonchev–Trinajstić information content (AvgIpc) is 2.25. The van der Waals surface area contributed by atoms with Gasteiger partial charge in [0.05, 0.1) is 6.07 Å². The molecule has 0 aliphatic rings. The van der Waals surface area contributed by atoms with Gasteiger partial charge in [0.1, 0.15) is 22.6 Å². The highest BCUT2D eigenvalue weighted by molar-refractivity contribution is 7.89. The molecule has 92 valence electrons. The van der Waals surface area contributed by atoms with Crippen molar-refractivity contribution in [3.8, 4) is 6.07 Å². The van der Waals surface area contributed by atoms with E-state index in [0.29, 0.717) is 6.07 Å². The lowest BCUT2D eigenvalue weighted by Crippen LogP contribution is -2.33. The van der Waals surface area contributed by atoms with Crippen LogP contribution in [0, 0.1) is 23.0 Å². The van der Waals surface area contributed by atoms with Crippen molar-refractivity contribution < 1.29 is 17.2 Å². The molecule has 1 N–H and O–H groups in total. The Morgan fingerprint density at radius 1 is 1.47 bits per heavy atom. The first-order valence-corrected chi connectivity index (χ1v) is 6.26. The minimum absolute atomic E-state index is 0.249. The molecule has 0 saturated carbocycles. The second kappa shape index (κ2) is 5.21. The van der Waals surface area contributed by atoms with Gasteiger partial charge in [-0.1, -0.05) is 6.92 Å². The predicted molar refractivity (Wildman–Crippen MR) is 56.4 cm³/mol. The smallest absolute Gasteiger partial charge is 0.207 e. The van der Waals surface area contributed by atoms with Crippen LogP contribution in [-0.4, -0.2) is 14.5 Å². The number of hydrogen-bond donors (Lipinski definition) is 1. The van der Waals surface area contributed by atoms with Crippen molar-refractivity contribution in [2.75, 3.05) is 0 Å². The molecule has 0 heterocycles. The molecule has 0 radical (unpaired) electrons. The first kappa shape index (κ1) is 13.5. The monoisotopic (exact) mass is 260 g/mol. The van der Waals surface area contributed by atoms with Crippen LogP contribution in [0.1, 0.15) is 13.3 Å². The quantitative estimate of drug-likeness (QED) is 0.892. The third-order valence-electron chi connectivity index (χ3n) is 2.04. The summed E-state index contributed by atoms with van der Waals surface area (Å²) in [6.07, 6.45) is 0.249. The van der Waals surface area contributed by atoms with Gasteiger partial charge in [-0.05, 0) is 18.6 Å². The number of nitriles is 1. The highest BCUT2D eigenvalue weighted by Gasteiger charge is 2.22. The molecular weight excluding hydrogens is 250 g/mol. The van der Waals surface area contributed by atoms with Crippen LogP contribution in [0.15, 0.2) is 23.1 Å². The van der Waals surface area contributed by atoms with Crippen molar-refractivity contribution >= 4 is 10.0 Å². The SMILES string of the molecule is CCC(C#N)NS(=O)(=O)c1ccc(F)cc1F. The van der Waals surface area contributed by atoms with E-state index in [4.69, 9.17) is 5.26 Å². The maximum atomic E-state index is 13.3. The van der Waals surface area contributed by atoms with Gasteiger partial charge in [0.25, 0.3) is 0 Å². The van der Waals surface area contributed by atoms with Crippen LogP contribution >= 0.6 is 0 Å². The Morgan fingerprint density at radius 3 is 2.59 bits per heavy atom. The second-order valence-electron chi connectivity index (χ2n) is 3.29. The second-order valence-corrected chi connectivity index (χ2v) is 4.97. The van der Waals surface area contributed by atoms with Crippen molar-refractivity contribution in [2.24, 2.45) is 0 Å². The summed E-state index contributed by atoms with van der Waals surface area (Å²) in [7, 11) is -4.15. The summed E-state index contributed by atoms with van der Waals surface area (Å²) in [4.78, 5) is -0.674. The lowest BCUT2D eigenvalue weighted by atomic mass is 10.3. The number of hydrogen-bond acceptors (Lipinski definition) is 3.